The number of aromatic nitrogens is 2. The molecule has 0 fully saturated rings. The number of nitrogens with one attached hydrogen (secondary N) is 1. The minimum Gasteiger partial charge on any atom is -0.356 e. The van der Waals surface area contributed by atoms with Gasteiger partial charge in [-0.3, -0.25) is 0 Å². The van der Waals surface area contributed by atoms with Crippen LogP contribution in [0.25, 0.3) is 11.3 Å². The van der Waals surface area contributed by atoms with Crippen LogP contribution < -0.4 is 5.32 Å². The summed E-state index contributed by atoms with van der Waals surface area (Å²) in [5.74, 6) is 0.607. The predicted molar refractivity (Wildman–Crippen MR) is 68.4 cm³/mol. The Morgan fingerprint density at radius 1 is 1.41 bits per heavy atom. The van der Waals surface area contributed by atoms with Crippen molar-refractivity contribution in [2.45, 2.75) is 13.0 Å². The molecule has 0 unspecified atom stereocenters. The zero-order chi connectivity index (χ0) is 11.8. The molecule has 88 valence electrons. The molecule has 3 nitrogen and oxygen atoms in total. The van der Waals surface area contributed by atoms with Gasteiger partial charge in [-0.05, 0) is 34.5 Å². The standard InChI is InChI=1S/C12H11BrFN3/c13-11-10(8-3-1-4-9(14)7-8)16-12-15-5-2-6-17(11)12/h1,3-4,7H,2,5-6H2,(H,15,16). The van der Waals surface area contributed by atoms with Crippen LogP contribution in [0.3, 0.4) is 0 Å². The molecule has 17 heavy (non-hydrogen) atoms. The Kier molecular flexibility index (Phi) is 2.63. The lowest BCUT2D eigenvalue weighted by atomic mass is 10.2. The van der Waals surface area contributed by atoms with Crippen molar-refractivity contribution in [1.82, 2.24) is 9.55 Å². The fourth-order valence-corrected chi connectivity index (χ4v) is 2.69. The van der Waals surface area contributed by atoms with Crippen molar-refractivity contribution in [3.05, 3.63) is 34.7 Å². The maximum Gasteiger partial charge on any atom is 0.204 e. The first-order chi connectivity index (χ1) is 8.25. The van der Waals surface area contributed by atoms with E-state index in [9.17, 15) is 4.39 Å². The molecule has 2 aromatic rings. The zero-order valence-electron chi connectivity index (χ0n) is 9.08. The first-order valence-corrected chi connectivity index (χ1v) is 6.31. The predicted octanol–water partition coefficient (Wildman–Crippen LogP) is 3.27. The van der Waals surface area contributed by atoms with Crippen LogP contribution in [0.4, 0.5) is 10.3 Å². The minimum atomic E-state index is -0.242. The summed E-state index contributed by atoms with van der Waals surface area (Å²) in [6.45, 7) is 1.87. The third-order valence-electron chi connectivity index (χ3n) is 2.85. The summed E-state index contributed by atoms with van der Waals surface area (Å²) in [5.41, 5.74) is 1.58. The van der Waals surface area contributed by atoms with Gasteiger partial charge in [-0.1, -0.05) is 12.1 Å². The summed E-state index contributed by atoms with van der Waals surface area (Å²) in [6, 6.07) is 6.50. The van der Waals surface area contributed by atoms with Gasteiger partial charge in [0.15, 0.2) is 0 Å². The highest BCUT2D eigenvalue weighted by molar-refractivity contribution is 9.10. The van der Waals surface area contributed by atoms with Gasteiger partial charge in [0.1, 0.15) is 16.1 Å². The number of anilines is 1. The van der Waals surface area contributed by atoms with E-state index in [0.29, 0.717) is 0 Å². The highest BCUT2D eigenvalue weighted by atomic mass is 79.9. The van der Waals surface area contributed by atoms with E-state index in [1.54, 1.807) is 6.07 Å². The van der Waals surface area contributed by atoms with Gasteiger partial charge in [-0.25, -0.2) is 9.37 Å². The molecule has 0 saturated heterocycles. The number of hydrogen-bond acceptors (Lipinski definition) is 2. The van der Waals surface area contributed by atoms with E-state index in [2.05, 4.69) is 30.8 Å². The van der Waals surface area contributed by atoms with Gasteiger partial charge in [-0.2, -0.15) is 0 Å². The Morgan fingerprint density at radius 2 is 2.29 bits per heavy atom. The second-order valence-corrected chi connectivity index (χ2v) is 4.77. The molecule has 0 aliphatic carbocycles. The highest BCUT2D eigenvalue weighted by Crippen LogP contribution is 2.32. The summed E-state index contributed by atoms with van der Waals surface area (Å²) in [4.78, 5) is 4.50. The van der Waals surface area contributed by atoms with E-state index in [1.165, 1.54) is 12.1 Å². The third kappa shape index (κ3) is 1.84. The maximum atomic E-state index is 13.2. The van der Waals surface area contributed by atoms with E-state index < -0.39 is 0 Å². The van der Waals surface area contributed by atoms with Gasteiger partial charge >= 0.3 is 0 Å². The Balaban J connectivity index is 2.12. The molecule has 5 heteroatoms. The van der Waals surface area contributed by atoms with Gasteiger partial charge in [0, 0.05) is 18.7 Å². The monoisotopic (exact) mass is 295 g/mol. The Hall–Kier alpha value is -1.36. The van der Waals surface area contributed by atoms with Gasteiger partial charge < -0.3 is 9.88 Å². The number of imidazole rings is 1. The molecule has 0 radical (unpaired) electrons. The lowest BCUT2D eigenvalue weighted by molar-refractivity contribution is 0.618. The van der Waals surface area contributed by atoms with Crippen LogP contribution in [0.15, 0.2) is 28.9 Å². The quantitative estimate of drug-likeness (QED) is 0.875. The van der Waals surface area contributed by atoms with E-state index in [1.807, 2.05) is 6.07 Å². The molecule has 1 N–H and O–H groups in total. The van der Waals surface area contributed by atoms with Gasteiger partial charge in [0.25, 0.3) is 0 Å². The van der Waals surface area contributed by atoms with Crippen molar-refractivity contribution in [2.24, 2.45) is 0 Å². The largest absolute Gasteiger partial charge is 0.356 e. The van der Waals surface area contributed by atoms with Crippen LogP contribution in [0.1, 0.15) is 6.42 Å². The van der Waals surface area contributed by atoms with Crippen molar-refractivity contribution in [1.29, 1.82) is 0 Å². The molecule has 3 rings (SSSR count). The van der Waals surface area contributed by atoms with Crippen molar-refractivity contribution < 1.29 is 4.39 Å². The average molecular weight is 296 g/mol. The lowest BCUT2D eigenvalue weighted by Gasteiger charge is -2.15. The van der Waals surface area contributed by atoms with Crippen LogP contribution in [-0.2, 0) is 6.54 Å². The fourth-order valence-electron chi connectivity index (χ4n) is 2.03. The second-order valence-electron chi connectivity index (χ2n) is 4.02. The Morgan fingerprint density at radius 3 is 3.06 bits per heavy atom. The SMILES string of the molecule is Fc1cccc(-c2nc3n(c2Br)CCCN3)c1. The van der Waals surface area contributed by atoms with Crippen molar-refractivity contribution in [2.75, 3.05) is 11.9 Å². The number of hydrogen-bond donors (Lipinski definition) is 1. The molecule has 2 heterocycles. The molecule has 1 aromatic heterocycles. The average Bonchev–Trinajstić information content (AvgIpc) is 2.68. The van der Waals surface area contributed by atoms with Gasteiger partial charge in [-0.15, -0.1) is 0 Å². The third-order valence-corrected chi connectivity index (χ3v) is 3.65. The lowest BCUT2D eigenvalue weighted by Crippen LogP contribution is -2.17. The van der Waals surface area contributed by atoms with Gasteiger partial charge in [0.05, 0.1) is 0 Å². The molecule has 1 aliphatic heterocycles. The Labute approximate surface area is 107 Å². The molecule has 0 atom stereocenters. The minimum absolute atomic E-state index is 0.242. The second kappa shape index (κ2) is 4.14. The van der Waals surface area contributed by atoms with Crippen molar-refractivity contribution >= 4 is 21.9 Å². The molecular formula is C12H11BrFN3. The van der Waals surface area contributed by atoms with Crippen LogP contribution in [0.5, 0.6) is 0 Å². The smallest absolute Gasteiger partial charge is 0.204 e. The summed E-state index contributed by atoms with van der Waals surface area (Å²) >= 11 is 3.54. The van der Waals surface area contributed by atoms with Crippen molar-refractivity contribution in [3.63, 3.8) is 0 Å². The van der Waals surface area contributed by atoms with Crippen molar-refractivity contribution in [3.8, 4) is 11.3 Å². The summed E-state index contributed by atoms with van der Waals surface area (Å²) in [5, 5.41) is 3.24. The van der Waals surface area contributed by atoms with E-state index in [-0.39, 0.29) is 5.82 Å². The van der Waals surface area contributed by atoms with Crippen LogP contribution in [-0.4, -0.2) is 16.1 Å². The molecule has 0 bridgehead atoms. The normalized spacial score (nSPS) is 14.2. The molecule has 0 spiro atoms. The van der Waals surface area contributed by atoms with Gasteiger partial charge in [0.2, 0.25) is 5.95 Å². The molecular weight excluding hydrogens is 285 g/mol. The summed E-state index contributed by atoms with van der Waals surface area (Å²) in [6.07, 6.45) is 1.07. The molecule has 0 amide bonds. The maximum absolute atomic E-state index is 13.2. The summed E-state index contributed by atoms with van der Waals surface area (Å²) < 4.78 is 16.2. The summed E-state index contributed by atoms with van der Waals surface area (Å²) in [7, 11) is 0. The molecule has 1 aromatic carbocycles. The van der Waals surface area contributed by atoms with E-state index in [4.69, 9.17) is 0 Å². The number of nitrogens with zero attached hydrogens (tertiary/aromatic N) is 2. The molecule has 0 saturated carbocycles. The number of fused-ring (bicyclic) bond motifs is 1. The van der Waals surface area contributed by atoms with Crippen LogP contribution >= 0.6 is 15.9 Å². The fraction of sp³-hybridized carbons (Fsp3) is 0.250. The first-order valence-electron chi connectivity index (χ1n) is 5.51. The highest BCUT2D eigenvalue weighted by Gasteiger charge is 2.18. The van der Waals surface area contributed by atoms with Crippen LogP contribution in [0, 0.1) is 5.82 Å². The van der Waals surface area contributed by atoms with E-state index >= 15 is 0 Å². The number of rotatable bonds is 1. The van der Waals surface area contributed by atoms with Crippen LogP contribution in [0.2, 0.25) is 0 Å². The molecule has 1 aliphatic rings. The first kappa shape index (κ1) is 10.8. The zero-order valence-corrected chi connectivity index (χ0v) is 10.7. The number of benzene rings is 1. The number of halogens is 2. The topological polar surface area (TPSA) is 29.9 Å². The Bertz CT molecular complexity index is 565. The van der Waals surface area contributed by atoms with E-state index in [0.717, 1.165) is 41.3 Å².